The lowest BCUT2D eigenvalue weighted by Gasteiger charge is -2.22. The molecule has 28 heavy (non-hydrogen) atoms. The predicted octanol–water partition coefficient (Wildman–Crippen LogP) is 8.72. The van der Waals surface area contributed by atoms with E-state index in [1.807, 2.05) is 0 Å². The number of hydrogen-bond donors (Lipinski definition) is 0. The quantitative estimate of drug-likeness (QED) is 0.315. The van der Waals surface area contributed by atoms with Crippen molar-refractivity contribution in [3.8, 4) is 0 Å². The first-order valence-corrected chi connectivity index (χ1v) is 8.93. The highest BCUT2D eigenvalue weighted by Gasteiger charge is 2.36. The molecule has 0 heterocycles. The normalized spacial score (nSPS) is 14.3. The number of benzene rings is 2. The highest BCUT2D eigenvalue weighted by molar-refractivity contribution is 6.48. The van der Waals surface area contributed by atoms with E-state index in [0.29, 0.717) is 19.1 Å². The van der Waals surface area contributed by atoms with Crippen molar-refractivity contribution in [2.24, 2.45) is 0 Å². The standard InChI is InChI=1S/C19H13Cl3F6/c1-9-3-4-10(5-12(9)19(26,27)28)16(23)8-13(18(2,24)25)11-6-14(20)17(22)15(21)7-11/h3-8,13H,1-2H3/b16-8-. The van der Waals surface area contributed by atoms with E-state index in [9.17, 15) is 26.3 Å². The topological polar surface area (TPSA) is 0 Å². The second-order valence-electron chi connectivity index (χ2n) is 6.27. The predicted molar refractivity (Wildman–Crippen MR) is 100 cm³/mol. The molecule has 2 aromatic rings. The maximum Gasteiger partial charge on any atom is 0.416 e. The fraction of sp³-hybridized carbons (Fsp3) is 0.263. The summed E-state index contributed by atoms with van der Waals surface area (Å²) in [6.45, 7) is 1.77. The molecule has 0 aliphatic heterocycles. The lowest BCUT2D eigenvalue weighted by molar-refractivity contribution is -0.138. The number of allylic oxidation sites excluding steroid dienone is 1. The lowest BCUT2D eigenvalue weighted by atomic mass is 9.91. The molecule has 0 saturated heterocycles. The van der Waals surface area contributed by atoms with Gasteiger partial charge in [0.05, 0.1) is 26.5 Å². The van der Waals surface area contributed by atoms with Crippen LogP contribution in [-0.2, 0) is 6.18 Å². The summed E-state index contributed by atoms with van der Waals surface area (Å²) in [5.74, 6) is -6.54. The molecule has 0 fully saturated rings. The molecule has 0 aliphatic rings. The number of aryl methyl sites for hydroxylation is 1. The van der Waals surface area contributed by atoms with Gasteiger partial charge in [-0.3, -0.25) is 0 Å². The third kappa shape index (κ3) is 5.16. The minimum Gasteiger partial charge on any atom is -0.207 e. The van der Waals surface area contributed by atoms with E-state index in [2.05, 4.69) is 0 Å². The molecule has 0 radical (unpaired) electrons. The molecule has 9 heteroatoms. The maximum absolute atomic E-state index is 14.6. The van der Waals surface area contributed by atoms with Gasteiger partial charge in [-0.15, -0.1) is 0 Å². The Morgan fingerprint density at radius 3 is 1.96 bits per heavy atom. The van der Waals surface area contributed by atoms with Crippen LogP contribution < -0.4 is 0 Å². The lowest BCUT2D eigenvalue weighted by Crippen LogP contribution is -2.21. The minimum absolute atomic E-state index is 0.0527. The van der Waals surface area contributed by atoms with Crippen LogP contribution in [-0.4, -0.2) is 5.92 Å². The van der Waals surface area contributed by atoms with Crippen LogP contribution in [0.25, 0.3) is 5.83 Å². The van der Waals surface area contributed by atoms with Crippen LogP contribution in [0.15, 0.2) is 36.4 Å². The third-order valence-corrected chi connectivity index (χ3v) is 5.24. The van der Waals surface area contributed by atoms with Gasteiger partial charge in [0.15, 0.2) is 0 Å². The van der Waals surface area contributed by atoms with Crippen molar-refractivity contribution < 1.29 is 26.3 Å². The van der Waals surface area contributed by atoms with Crippen LogP contribution in [0, 0.1) is 6.92 Å². The summed E-state index contributed by atoms with van der Waals surface area (Å²) in [6.07, 6.45) is -4.16. The average molecular weight is 462 g/mol. The Morgan fingerprint density at radius 2 is 1.50 bits per heavy atom. The second-order valence-corrected chi connectivity index (χ2v) is 7.47. The maximum atomic E-state index is 14.6. The molecule has 1 atom stereocenters. The number of rotatable bonds is 4. The molecule has 0 aliphatic carbocycles. The van der Waals surface area contributed by atoms with E-state index in [1.165, 1.54) is 6.92 Å². The van der Waals surface area contributed by atoms with Gasteiger partial charge >= 0.3 is 6.18 Å². The molecule has 152 valence electrons. The Labute approximate surface area is 172 Å². The van der Waals surface area contributed by atoms with Crippen molar-refractivity contribution in [1.29, 1.82) is 0 Å². The second kappa shape index (κ2) is 8.17. The Bertz CT molecular complexity index is 890. The Kier molecular flexibility index (Phi) is 6.68. The van der Waals surface area contributed by atoms with E-state index in [0.717, 1.165) is 24.3 Å². The molecule has 2 rings (SSSR count). The first-order valence-electron chi connectivity index (χ1n) is 7.79. The Hall–Kier alpha value is -1.37. The van der Waals surface area contributed by atoms with Crippen molar-refractivity contribution in [1.82, 2.24) is 0 Å². The largest absolute Gasteiger partial charge is 0.416 e. The van der Waals surface area contributed by atoms with Gasteiger partial charge in [0.2, 0.25) is 0 Å². The Morgan fingerprint density at radius 1 is 0.964 bits per heavy atom. The summed E-state index contributed by atoms with van der Waals surface area (Å²) in [5.41, 5.74) is -1.77. The number of alkyl halides is 5. The van der Waals surface area contributed by atoms with Crippen LogP contribution in [0.4, 0.5) is 26.3 Å². The molecule has 0 saturated carbocycles. The fourth-order valence-corrected chi connectivity index (χ4v) is 3.22. The molecule has 0 aromatic heterocycles. The van der Waals surface area contributed by atoms with Gasteiger partial charge in [-0.2, -0.15) is 13.2 Å². The van der Waals surface area contributed by atoms with Crippen LogP contribution in [0.1, 0.15) is 35.1 Å². The van der Waals surface area contributed by atoms with E-state index < -0.39 is 35.0 Å². The van der Waals surface area contributed by atoms with E-state index in [-0.39, 0.29) is 26.2 Å². The third-order valence-electron chi connectivity index (χ3n) is 4.04. The smallest absolute Gasteiger partial charge is 0.207 e. The molecule has 1 unspecified atom stereocenters. The van der Waals surface area contributed by atoms with Gasteiger partial charge in [-0.1, -0.05) is 46.9 Å². The summed E-state index contributed by atoms with van der Waals surface area (Å²) >= 11 is 17.5. The summed E-state index contributed by atoms with van der Waals surface area (Å²) in [5, 5.41) is -0.271. The molecule has 0 bridgehead atoms. The summed E-state index contributed by atoms with van der Waals surface area (Å²) < 4.78 is 82.0. The molecule has 2 aromatic carbocycles. The van der Waals surface area contributed by atoms with Crippen molar-refractivity contribution in [2.45, 2.75) is 31.9 Å². The monoisotopic (exact) mass is 460 g/mol. The molecule has 0 amide bonds. The molecule has 0 N–H and O–H groups in total. The first-order chi connectivity index (χ1) is 12.7. The number of halogens is 9. The highest BCUT2D eigenvalue weighted by atomic mass is 35.5. The Balaban J connectivity index is 2.57. The van der Waals surface area contributed by atoms with Crippen molar-refractivity contribution in [3.63, 3.8) is 0 Å². The van der Waals surface area contributed by atoms with Crippen LogP contribution in [0.5, 0.6) is 0 Å². The van der Waals surface area contributed by atoms with E-state index >= 15 is 0 Å². The van der Waals surface area contributed by atoms with Gasteiger partial charge in [0.25, 0.3) is 5.92 Å². The van der Waals surface area contributed by atoms with Gasteiger partial charge in [-0.25, -0.2) is 13.2 Å². The average Bonchev–Trinajstić information content (AvgIpc) is 2.55. The minimum atomic E-state index is -4.70. The van der Waals surface area contributed by atoms with E-state index in [1.54, 1.807) is 0 Å². The van der Waals surface area contributed by atoms with Crippen LogP contribution in [0.3, 0.4) is 0 Å². The highest BCUT2D eigenvalue weighted by Crippen LogP contribution is 2.42. The zero-order valence-electron chi connectivity index (χ0n) is 14.4. The summed E-state index contributed by atoms with van der Waals surface area (Å²) in [4.78, 5) is 0. The first kappa shape index (κ1) is 22.9. The fourth-order valence-electron chi connectivity index (χ4n) is 2.61. The van der Waals surface area contributed by atoms with Crippen LogP contribution in [0.2, 0.25) is 15.1 Å². The number of hydrogen-bond acceptors (Lipinski definition) is 0. The van der Waals surface area contributed by atoms with Crippen LogP contribution >= 0.6 is 34.8 Å². The van der Waals surface area contributed by atoms with Gasteiger partial charge in [0.1, 0.15) is 5.83 Å². The van der Waals surface area contributed by atoms with Crippen molar-refractivity contribution in [2.75, 3.05) is 0 Å². The molecule has 0 spiro atoms. The van der Waals surface area contributed by atoms with Gasteiger partial charge in [-0.05, 0) is 42.3 Å². The summed E-state index contributed by atoms with van der Waals surface area (Å²) in [6, 6.07) is 4.95. The van der Waals surface area contributed by atoms with Gasteiger partial charge in [0, 0.05) is 12.5 Å². The molecular weight excluding hydrogens is 449 g/mol. The van der Waals surface area contributed by atoms with E-state index in [4.69, 9.17) is 34.8 Å². The van der Waals surface area contributed by atoms with Gasteiger partial charge < -0.3 is 0 Å². The SMILES string of the molecule is Cc1ccc(/C(F)=C/C(c2cc(Cl)c(Cl)c(Cl)c2)C(C)(F)F)cc1C(F)(F)F. The van der Waals surface area contributed by atoms with Crippen molar-refractivity contribution in [3.05, 3.63) is 73.7 Å². The zero-order valence-corrected chi connectivity index (χ0v) is 16.7. The summed E-state index contributed by atoms with van der Waals surface area (Å²) in [7, 11) is 0. The molecular formula is C19H13Cl3F6. The molecule has 0 nitrogen and oxygen atoms in total. The van der Waals surface area contributed by atoms with Crippen molar-refractivity contribution >= 4 is 40.6 Å². The zero-order chi connectivity index (χ0) is 21.4.